The number of thiol groups is 1. The molecule has 0 saturated carbocycles. The van der Waals surface area contributed by atoms with Crippen molar-refractivity contribution in [1.29, 1.82) is 0 Å². The summed E-state index contributed by atoms with van der Waals surface area (Å²) in [6.07, 6.45) is 0. The Morgan fingerprint density at radius 3 is 3.00 bits per heavy atom. The molecule has 0 radical (unpaired) electrons. The number of thiophene rings is 1. The molecule has 0 bridgehead atoms. The van der Waals surface area contributed by atoms with Crippen molar-refractivity contribution in [2.75, 3.05) is 5.73 Å². The Bertz CT molecular complexity index is 436. The summed E-state index contributed by atoms with van der Waals surface area (Å²) in [6, 6.07) is 4.08. The molecule has 1 nitrogen and oxygen atoms in total. The van der Waals surface area contributed by atoms with Gasteiger partial charge in [-0.1, -0.05) is 0 Å². The van der Waals surface area contributed by atoms with Crippen molar-refractivity contribution in [3.05, 3.63) is 21.1 Å². The molecular formula is C8H6INS2. The molecule has 0 spiro atoms. The van der Waals surface area contributed by atoms with E-state index in [9.17, 15) is 0 Å². The zero-order chi connectivity index (χ0) is 8.72. The monoisotopic (exact) mass is 307 g/mol. The molecule has 1 heterocycles. The summed E-state index contributed by atoms with van der Waals surface area (Å²) in [6.45, 7) is 0. The highest BCUT2D eigenvalue weighted by Crippen LogP contribution is 2.34. The number of halogens is 1. The molecule has 1 aromatic carbocycles. The quantitative estimate of drug-likeness (QED) is 0.435. The Labute approximate surface area is 93.5 Å². The number of nitrogens with two attached hydrogens (primary N) is 1. The predicted molar refractivity (Wildman–Crippen MR) is 66.2 cm³/mol. The van der Waals surface area contributed by atoms with E-state index in [2.05, 4.69) is 46.7 Å². The van der Waals surface area contributed by atoms with Crippen molar-refractivity contribution >= 4 is 62.3 Å². The van der Waals surface area contributed by atoms with Crippen LogP contribution in [0.3, 0.4) is 0 Å². The van der Waals surface area contributed by atoms with Gasteiger partial charge in [-0.15, -0.1) is 24.0 Å². The highest BCUT2D eigenvalue weighted by atomic mass is 127. The number of hydrogen-bond acceptors (Lipinski definition) is 3. The second-order valence-corrected chi connectivity index (χ2v) is 5.01. The van der Waals surface area contributed by atoms with E-state index < -0.39 is 0 Å². The van der Waals surface area contributed by atoms with Crippen LogP contribution < -0.4 is 5.73 Å². The van der Waals surface area contributed by atoms with Crippen LogP contribution in [-0.4, -0.2) is 0 Å². The first kappa shape index (κ1) is 8.65. The molecule has 62 valence electrons. The molecule has 0 aliphatic carbocycles. The summed E-state index contributed by atoms with van der Waals surface area (Å²) in [4.78, 5) is 0.870. The average molecular weight is 307 g/mol. The van der Waals surface area contributed by atoms with Gasteiger partial charge in [-0.3, -0.25) is 0 Å². The molecule has 0 amide bonds. The zero-order valence-electron chi connectivity index (χ0n) is 6.04. The van der Waals surface area contributed by atoms with E-state index >= 15 is 0 Å². The number of rotatable bonds is 0. The molecule has 4 heteroatoms. The molecule has 0 aliphatic heterocycles. The van der Waals surface area contributed by atoms with Gasteiger partial charge in [0.05, 0.1) is 10.4 Å². The Morgan fingerprint density at radius 1 is 1.50 bits per heavy atom. The van der Waals surface area contributed by atoms with Crippen LogP contribution in [0.15, 0.2) is 22.4 Å². The predicted octanol–water partition coefficient (Wildman–Crippen LogP) is 3.38. The van der Waals surface area contributed by atoms with Gasteiger partial charge in [-0.05, 0) is 40.1 Å². The Hall–Kier alpha value is 0.0600. The first-order valence-corrected chi connectivity index (χ1v) is 5.75. The van der Waals surface area contributed by atoms with Gasteiger partial charge < -0.3 is 5.73 Å². The van der Waals surface area contributed by atoms with E-state index in [1.807, 2.05) is 6.07 Å². The van der Waals surface area contributed by atoms with E-state index in [0.717, 1.165) is 15.3 Å². The van der Waals surface area contributed by atoms with Gasteiger partial charge in [0, 0.05) is 13.9 Å². The summed E-state index contributed by atoms with van der Waals surface area (Å²) >= 11 is 8.26. The second-order valence-electron chi connectivity index (χ2n) is 2.45. The molecule has 0 aliphatic rings. The van der Waals surface area contributed by atoms with E-state index in [0.29, 0.717) is 0 Å². The topological polar surface area (TPSA) is 26.0 Å². The Kier molecular flexibility index (Phi) is 2.22. The zero-order valence-corrected chi connectivity index (χ0v) is 9.91. The Morgan fingerprint density at radius 2 is 2.25 bits per heavy atom. The maximum absolute atomic E-state index is 5.86. The first-order chi connectivity index (χ1) is 5.70. The minimum atomic E-state index is 0.795. The van der Waals surface area contributed by atoms with E-state index in [1.54, 1.807) is 11.3 Å². The minimum absolute atomic E-state index is 0.795. The molecule has 2 N–H and O–H groups in total. The van der Waals surface area contributed by atoms with Crippen LogP contribution in [0.1, 0.15) is 0 Å². The van der Waals surface area contributed by atoms with Crippen molar-refractivity contribution in [3.8, 4) is 0 Å². The number of hydrogen-bond donors (Lipinski definition) is 2. The fourth-order valence-corrected chi connectivity index (χ4v) is 3.49. The maximum Gasteiger partial charge on any atom is 0.0631 e. The van der Waals surface area contributed by atoms with Gasteiger partial charge >= 0.3 is 0 Å². The summed E-state index contributed by atoms with van der Waals surface area (Å²) in [5.41, 5.74) is 6.66. The summed E-state index contributed by atoms with van der Waals surface area (Å²) < 4.78 is 2.36. The summed E-state index contributed by atoms with van der Waals surface area (Å²) in [5.74, 6) is 0. The summed E-state index contributed by atoms with van der Waals surface area (Å²) in [5, 5.41) is 3.28. The molecule has 0 fully saturated rings. The highest BCUT2D eigenvalue weighted by molar-refractivity contribution is 14.1. The van der Waals surface area contributed by atoms with Gasteiger partial charge in [-0.25, -0.2) is 0 Å². The lowest BCUT2D eigenvalue weighted by Crippen LogP contribution is -1.87. The SMILES string of the molecule is Nc1c(S)cc(I)c2ccsc12. The van der Waals surface area contributed by atoms with Crippen LogP contribution >= 0.6 is 46.6 Å². The van der Waals surface area contributed by atoms with Gasteiger partial charge in [-0.2, -0.15) is 0 Å². The van der Waals surface area contributed by atoms with Crippen LogP contribution in [0.25, 0.3) is 10.1 Å². The maximum atomic E-state index is 5.86. The van der Waals surface area contributed by atoms with Gasteiger partial charge in [0.2, 0.25) is 0 Å². The normalized spacial score (nSPS) is 10.8. The fraction of sp³-hybridized carbons (Fsp3) is 0. The van der Waals surface area contributed by atoms with Crippen LogP contribution in [-0.2, 0) is 0 Å². The van der Waals surface area contributed by atoms with Crippen molar-refractivity contribution in [2.24, 2.45) is 0 Å². The molecule has 0 unspecified atom stereocenters. The third kappa shape index (κ3) is 1.22. The van der Waals surface area contributed by atoms with Crippen LogP contribution in [0.5, 0.6) is 0 Å². The lowest BCUT2D eigenvalue weighted by atomic mass is 10.2. The molecular weight excluding hydrogens is 301 g/mol. The largest absolute Gasteiger partial charge is 0.397 e. The van der Waals surface area contributed by atoms with Crippen molar-refractivity contribution in [1.82, 2.24) is 0 Å². The first-order valence-electron chi connectivity index (χ1n) is 3.34. The fourth-order valence-electron chi connectivity index (χ4n) is 1.10. The van der Waals surface area contributed by atoms with Crippen LogP contribution in [0.4, 0.5) is 5.69 Å². The van der Waals surface area contributed by atoms with Crippen molar-refractivity contribution in [3.63, 3.8) is 0 Å². The smallest absolute Gasteiger partial charge is 0.0631 e. The van der Waals surface area contributed by atoms with E-state index in [1.165, 1.54) is 8.96 Å². The van der Waals surface area contributed by atoms with Gasteiger partial charge in [0.15, 0.2) is 0 Å². The van der Waals surface area contributed by atoms with Crippen molar-refractivity contribution in [2.45, 2.75) is 4.90 Å². The third-order valence-electron chi connectivity index (χ3n) is 1.71. The van der Waals surface area contributed by atoms with Crippen LogP contribution in [0.2, 0.25) is 0 Å². The number of nitrogen functional groups attached to an aromatic ring is 1. The molecule has 1 aromatic heterocycles. The molecule has 0 saturated heterocycles. The lowest BCUT2D eigenvalue weighted by molar-refractivity contribution is 1.51. The molecule has 2 rings (SSSR count). The minimum Gasteiger partial charge on any atom is -0.397 e. The third-order valence-corrected chi connectivity index (χ3v) is 3.92. The molecule has 2 aromatic rings. The molecule has 12 heavy (non-hydrogen) atoms. The second kappa shape index (κ2) is 3.08. The Balaban J connectivity index is 2.97. The summed E-state index contributed by atoms with van der Waals surface area (Å²) in [7, 11) is 0. The number of benzene rings is 1. The van der Waals surface area contributed by atoms with E-state index in [-0.39, 0.29) is 0 Å². The van der Waals surface area contributed by atoms with Gasteiger partial charge in [0.1, 0.15) is 0 Å². The van der Waals surface area contributed by atoms with Gasteiger partial charge in [0.25, 0.3) is 0 Å². The number of fused-ring (bicyclic) bond motifs is 1. The highest BCUT2D eigenvalue weighted by Gasteiger charge is 2.06. The average Bonchev–Trinajstić information content (AvgIpc) is 2.48. The number of anilines is 1. The standard InChI is InChI=1S/C8H6INS2/c9-5-3-6(11)7(10)8-4(5)1-2-12-8/h1-3,11H,10H2. The van der Waals surface area contributed by atoms with Crippen molar-refractivity contribution < 1.29 is 0 Å². The van der Waals surface area contributed by atoms with E-state index in [4.69, 9.17) is 5.73 Å². The lowest BCUT2D eigenvalue weighted by Gasteiger charge is -2.01. The molecule has 0 atom stereocenters. The van der Waals surface area contributed by atoms with Crippen LogP contribution in [0, 0.1) is 3.57 Å².